The summed E-state index contributed by atoms with van der Waals surface area (Å²) < 4.78 is 0. The summed E-state index contributed by atoms with van der Waals surface area (Å²) >= 11 is 0. The first-order valence-corrected chi connectivity index (χ1v) is 8.22. The molecule has 2 heteroatoms. The fourth-order valence-electron chi connectivity index (χ4n) is 3.23. The van der Waals surface area contributed by atoms with E-state index >= 15 is 0 Å². The smallest absolute Gasteiger partial charge is 0.0998 e. The van der Waals surface area contributed by atoms with Crippen LogP contribution in [0.15, 0.2) is 42.5 Å². The van der Waals surface area contributed by atoms with Crippen molar-refractivity contribution in [1.29, 1.82) is 5.26 Å². The number of hydrogen-bond acceptors (Lipinski definition) is 2. The van der Waals surface area contributed by atoms with E-state index in [4.69, 9.17) is 0 Å². The van der Waals surface area contributed by atoms with Gasteiger partial charge in [-0.1, -0.05) is 30.3 Å². The highest BCUT2D eigenvalue weighted by Crippen LogP contribution is 2.29. The van der Waals surface area contributed by atoms with Gasteiger partial charge < -0.3 is 4.90 Å². The Hall–Kier alpha value is -2.53. The largest absolute Gasteiger partial charge is 0.371 e. The molecule has 3 rings (SSSR count). The van der Waals surface area contributed by atoms with Gasteiger partial charge in [0.2, 0.25) is 0 Å². The molecule has 0 atom stereocenters. The minimum atomic E-state index is 0.710. The van der Waals surface area contributed by atoms with E-state index < -0.39 is 0 Å². The Bertz CT molecular complexity index is 760. The zero-order valence-corrected chi connectivity index (χ0v) is 13.8. The Balaban J connectivity index is 1.98. The van der Waals surface area contributed by atoms with E-state index in [9.17, 15) is 5.26 Å². The number of anilines is 1. The molecule has 2 aromatic rings. The molecule has 0 saturated carbocycles. The lowest BCUT2D eigenvalue weighted by atomic mass is 9.98. The molecule has 0 aliphatic carbocycles. The highest BCUT2D eigenvalue weighted by Gasteiger charge is 2.15. The second-order valence-electron chi connectivity index (χ2n) is 6.23. The average Bonchev–Trinajstić information content (AvgIpc) is 3.10. The lowest BCUT2D eigenvalue weighted by Crippen LogP contribution is -2.18. The molecule has 1 aliphatic heterocycles. The predicted octanol–water partition coefficient (Wildman–Crippen LogP) is 4.97. The molecule has 0 bridgehead atoms. The second kappa shape index (κ2) is 6.71. The maximum atomic E-state index is 9.50. The van der Waals surface area contributed by atoms with Gasteiger partial charge in [0.05, 0.1) is 11.6 Å². The Morgan fingerprint density at radius 3 is 2.39 bits per heavy atom. The van der Waals surface area contributed by atoms with E-state index in [0.29, 0.717) is 5.57 Å². The van der Waals surface area contributed by atoms with Crippen LogP contribution in [0.25, 0.3) is 11.6 Å². The van der Waals surface area contributed by atoms with E-state index in [1.807, 2.05) is 36.4 Å². The van der Waals surface area contributed by atoms with Crippen molar-refractivity contribution in [3.63, 3.8) is 0 Å². The highest BCUT2D eigenvalue weighted by molar-refractivity contribution is 5.90. The van der Waals surface area contributed by atoms with Gasteiger partial charge in [-0.25, -0.2) is 0 Å². The molecule has 1 saturated heterocycles. The third-order valence-corrected chi connectivity index (χ3v) is 4.54. The van der Waals surface area contributed by atoms with Crippen molar-refractivity contribution in [2.24, 2.45) is 0 Å². The molecule has 1 aliphatic rings. The average molecular weight is 302 g/mol. The summed E-state index contributed by atoms with van der Waals surface area (Å²) in [5.41, 5.74) is 6.66. The van der Waals surface area contributed by atoms with Crippen molar-refractivity contribution in [3.8, 4) is 6.07 Å². The number of rotatable bonds is 3. The number of allylic oxidation sites excluding steroid dienone is 1. The van der Waals surface area contributed by atoms with Crippen LogP contribution in [-0.4, -0.2) is 13.1 Å². The molecular formula is C21H22N2. The van der Waals surface area contributed by atoms with Crippen LogP contribution in [-0.2, 0) is 0 Å². The van der Waals surface area contributed by atoms with Crippen LogP contribution in [0.1, 0.15) is 35.1 Å². The monoisotopic (exact) mass is 302 g/mol. The van der Waals surface area contributed by atoms with Crippen molar-refractivity contribution < 1.29 is 0 Å². The Morgan fingerprint density at radius 1 is 1.04 bits per heavy atom. The fourth-order valence-corrected chi connectivity index (χ4v) is 3.23. The van der Waals surface area contributed by atoms with Crippen LogP contribution in [0.3, 0.4) is 0 Å². The molecule has 0 radical (unpaired) electrons. The number of nitriles is 1. The van der Waals surface area contributed by atoms with Gasteiger partial charge in [0.25, 0.3) is 0 Å². The van der Waals surface area contributed by atoms with Crippen LogP contribution >= 0.6 is 0 Å². The van der Waals surface area contributed by atoms with Gasteiger partial charge >= 0.3 is 0 Å². The number of nitrogens with zero attached hydrogens (tertiary/aromatic N) is 2. The second-order valence-corrected chi connectivity index (χ2v) is 6.23. The van der Waals surface area contributed by atoms with E-state index in [0.717, 1.165) is 24.2 Å². The van der Waals surface area contributed by atoms with E-state index in [1.165, 1.54) is 29.7 Å². The van der Waals surface area contributed by atoms with E-state index in [1.54, 1.807) is 0 Å². The number of benzene rings is 2. The zero-order chi connectivity index (χ0) is 16.2. The first-order valence-electron chi connectivity index (χ1n) is 8.22. The zero-order valence-electron chi connectivity index (χ0n) is 13.8. The van der Waals surface area contributed by atoms with Gasteiger partial charge in [0.1, 0.15) is 0 Å². The third-order valence-electron chi connectivity index (χ3n) is 4.54. The molecule has 0 aromatic heterocycles. The van der Waals surface area contributed by atoms with Crippen molar-refractivity contribution in [1.82, 2.24) is 0 Å². The Labute approximate surface area is 138 Å². The number of aryl methyl sites for hydroxylation is 2. The van der Waals surface area contributed by atoms with Gasteiger partial charge in [-0.15, -0.1) is 0 Å². The Morgan fingerprint density at radius 2 is 1.74 bits per heavy atom. The van der Waals surface area contributed by atoms with Gasteiger partial charge in [0.15, 0.2) is 0 Å². The fraction of sp³-hybridized carbons (Fsp3) is 0.286. The van der Waals surface area contributed by atoms with E-state index in [2.05, 4.69) is 36.9 Å². The Kier molecular flexibility index (Phi) is 4.48. The lowest BCUT2D eigenvalue weighted by molar-refractivity contribution is 0.949. The summed E-state index contributed by atoms with van der Waals surface area (Å²) in [6.07, 6.45) is 4.57. The standard InChI is InChI=1S/C21H22N2/c1-16-13-21(23-10-6-7-11-23)17(2)12-19(16)14-20(15-22)18-8-4-3-5-9-18/h3-5,8-9,12-14H,6-7,10-11H2,1-2H3/b20-14+. The predicted molar refractivity (Wildman–Crippen MR) is 97.3 cm³/mol. The molecular weight excluding hydrogens is 280 g/mol. The first-order chi connectivity index (χ1) is 11.2. The summed E-state index contributed by atoms with van der Waals surface area (Å²) in [5.74, 6) is 0. The maximum Gasteiger partial charge on any atom is 0.0998 e. The molecule has 0 amide bonds. The van der Waals surface area contributed by atoms with Crippen LogP contribution in [0.2, 0.25) is 0 Å². The van der Waals surface area contributed by atoms with Gasteiger partial charge in [0, 0.05) is 18.8 Å². The molecule has 0 unspecified atom stereocenters. The molecule has 1 fully saturated rings. The minimum Gasteiger partial charge on any atom is -0.371 e. The van der Waals surface area contributed by atoms with Crippen LogP contribution in [0.5, 0.6) is 0 Å². The topological polar surface area (TPSA) is 27.0 Å². The molecule has 2 nitrogen and oxygen atoms in total. The molecule has 2 aromatic carbocycles. The molecule has 0 spiro atoms. The normalized spacial score (nSPS) is 14.8. The van der Waals surface area contributed by atoms with Gasteiger partial charge in [-0.3, -0.25) is 0 Å². The van der Waals surface area contributed by atoms with Crippen molar-refractivity contribution in [2.75, 3.05) is 18.0 Å². The van der Waals surface area contributed by atoms with Crippen molar-refractivity contribution in [3.05, 3.63) is 64.7 Å². The van der Waals surface area contributed by atoms with Crippen LogP contribution < -0.4 is 4.90 Å². The van der Waals surface area contributed by atoms with E-state index in [-0.39, 0.29) is 0 Å². The molecule has 23 heavy (non-hydrogen) atoms. The lowest BCUT2D eigenvalue weighted by Gasteiger charge is -2.21. The summed E-state index contributed by atoms with van der Waals surface area (Å²) in [7, 11) is 0. The highest BCUT2D eigenvalue weighted by atomic mass is 15.1. The third kappa shape index (κ3) is 3.29. The maximum absolute atomic E-state index is 9.50. The van der Waals surface area contributed by atoms with Gasteiger partial charge in [-0.05, 0) is 67.2 Å². The summed E-state index contributed by atoms with van der Waals surface area (Å²) in [6, 6.07) is 16.7. The first kappa shape index (κ1) is 15.4. The van der Waals surface area contributed by atoms with Crippen molar-refractivity contribution >= 4 is 17.3 Å². The molecule has 1 heterocycles. The van der Waals surface area contributed by atoms with Crippen LogP contribution in [0.4, 0.5) is 5.69 Å². The molecule has 116 valence electrons. The van der Waals surface area contributed by atoms with Gasteiger partial charge in [-0.2, -0.15) is 5.26 Å². The van der Waals surface area contributed by atoms with Crippen LogP contribution in [0, 0.1) is 25.2 Å². The minimum absolute atomic E-state index is 0.710. The quantitative estimate of drug-likeness (QED) is 0.591. The summed E-state index contributed by atoms with van der Waals surface area (Å²) in [6.45, 7) is 6.61. The summed E-state index contributed by atoms with van der Waals surface area (Å²) in [5, 5.41) is 9.50. The SMILES string of the molecule is Cc1cc(N2CCCC2)c(C)cc1/C=C(\C#N)c1ccccc1. The molecule has 0 N–H and O–H groups in total. The van der Waals surface area contributed by atoms with Crippen molar-refractivity contribution in [2.45, 2.75) is 26.7 Å². The summed E-state index contributed by atoms with van der Waals surface area (Å²) in [4.78, 5) is 2.47. The number of hydrogen-bond donors (Lipinski definition) is 0.